The summed E-state index contributed by atoms with van der Waals surface area (Å²) in [7, 11) is -4.41. The maximum atomic E-state index is 11.9. The van der Waals surface area contributed by atoms with Gasteiger partial charge in [0.25, 0.3) is 5.72 Å². The van der Waals surface area contributed by atoms with Gasteiger partial charge in [0.05, 0.1) is 36.5 Å². The van der Waals surface area contributed by atoms with Gasteiger partial charge in [-0.25, -0.2) is 12.9 Å². The summed E-state index contributed by atoms with van der Waals surface area (Å²) in [6, 6.07) is 14.8. The molecule has 0 bridgehead atoms. The van der Waals surface area contributed by atoms with Crippen LogP contribution in [-0.2, 0) is 35.2 Å². The molecule has 5 heterocycles. The first-order chi connectivity index (χ1) is 26.8. The molecule has 9 rings (SSSR count). The van der Waals surface area contributed by atoms with E-state index >= 15 is 0 Å². The Bertz CT molecular complexity index is 2460. The van der Waals surface area contributed by atoms with Gasteiger partial charge < -0.3 is 28.8 Å². The second kappa shape index (κ2) is 12.7. The van der Waals surface area contributed by atoms with Crippen LogP contribution in [0, 0.1) is 20.2 Å². The molecule has 1 fully saturated rings. The second-order valence-corrected chi connectivity index (χ2v) is 17.9. The minimum absolute atomic E-state index is 0.0186. The average Bonchev–Trinajstić information content (AvgIpc) is 3.89. The van der Waals surface area contributed by atoms with Crippen molar-refractivity contribution in [2.75, 3.05) is 23.7 Å². The molecule has 0 saturated carbocycles. The van der Waals surface area contributed by atoms with Crippen LogP contribution in [0.4, 0.5) is 11.4 Å². The number of hydrogen-bond donors (Lipinski definition) is 0. The predicted molar refractivity (Wildman–Crippen MR) is 205 cm³/mol. The lowest BCUT2D eigenvalue weighted by Crippen LogP contribution is -2.62. The Labute approximate surface area is 329 Å². The van der Waals surface area contributed by atoms with Gasteiger partial charge in [0, 0.05) is 72.9 Å². The number of nitrogens with zero attached hydrogens (tertiary/aromatic N) is 4. The number of benzene rings is 2. The number of carboxylic acids is 1. The van der Waals surface area contributed by atoms with Crippen molar-refractivity contribution in [1.29, 1.82) is 0 Å². The summed E-state index contributed by atoms with van der Waals surface area (Å²) < 4.78 is 47.3. The number of fused-ring (bicyclic) bond motifs is 4. The molecule has 5 aliphatic heterocycles. The van der Waals surface area contributed by atoms with Gasteiger partial charge in [-0.2, -0.15) is 0 Å². The number of aliphatic carboxylic acids is 1. The van der Waals surface area contributed by atoms with E-state index in [-0.39, 0.29) is 38.7 Å². The van der Waals surface area contributed by atoms with Crippen molar-refractivity contribution < 1.29 is 42.2 Å². The number of hydrogen-bond acceptors (Lipinski definition) is 12. The van der Waals surface area contributed by atoms with Gasteiger partial charge in [-0.3, -0.25) is 20.2 Å². The maximum absolute atomic E-state index is 11.9. The van der Waals surface area contributed by atoms with E-state index in [4.69, 9.17) is 9.47 Å². The van der Waals surface area contributed by atoms with Crippen LogP contribution >= 0.6 is 0 Å². The van der Waals surface area contributed by atoms with Crippen LogP contribution in [0.15, 0.2) is 119 Å². The number of carbonyl (C=O) groups excluding carboxylic acids is 1. The molecule has 2 unspecified atom stereocenters. The molecular weight excluding hydrogens is 757 g/mol. The normalized spacial score (nSPS) is 29.3. The molecule has 3 spiro atoms. The number of quaternary nitrogens is 1. The standard InChI is InChI=1S/C21H20N2O5.C20H22N2O6S/c1-20(2)15-5-3-4-6-16(15)23(12-17(23)19(24)25)21(20)10-9-13-11-14(22(26)27)7-8-18(13)28-21;1-19(2)16-5-3-4-6-17(16)21(11-12-29(25,26)27)20(19)10-9-14-13-15(22(23)24)7-8-18(14)28-20/h3-6,9-11,17H,7-8,12H2,1-2H3;3-6,9-10,13H,7-8,11-12H2,1-2H3,(H,25,26,27)/p-1/t17?,21-,23?;20-/m11/s1. The number of rotatable bonds is 6. The van der Waals surface area contributed by atoms with Crippen LogP contribution in [0.1, 0.15) is 64.5 Å². The van der Waals surface area contributed by atoms with Crippen molar-refractivity contribution in [3.8, 4) is 0 Å². The lowest BCUT2D eigenvalue weighted by Gasteiger charge is -2.48. The van der Waals surface area contributed by atoms with Gasteiger partial charge in [0.15, 0.2) is 6.04 Å². The smallest absolute Gasteiger partial charge is 0.277 e. The van der Waals surface area contributed by atoms with Crippen molar-refractivity contribution in [2.45, 2.75) is 81.7 Å². The fourth-order valence-corrected chi connectivity index (χ4v) is 10.3. The van der Waals surface area contributed by atoms with E-state index in [0.29, 0.717) is 48.5 Å². The van der Waals surface area contributed by atoms with Crippen molar-refractivity contribution >= 4 is 27.5 Å². The first-order valence-electron chi connectivity index (χ1n) is 18.7. The Morgan fingerprint density at radius 2 is 1.39 bits per heavy atom. The molecule has 7 aliphatic rings. The Kier molecular flexibility index (Phi) is 8.54. The molecule has 4 atom stereocenters. The first-order valence-corrected chi connectivity index (χ1v) is 20.3. The molecule has 0 N–H and O–H groups in total. The molecule has 0 radical (unpaired) electrons. The highest BCUT2D eigenvalue weighted by atomic mass is 32.2. The number of carboxylic acid groups (broad SMARTS) is 1. The monoisotopic (exact) mass is 797 g/mol. The molecular formula is C41H41N4O11S-. The van der Waals surface area contributed by atoms with Crippen LogP contribution in [0.2, 0.25) is 0 Å². The number of nitro groups is 2. The van der Waals surface area contributed by atoms with E-state index in [9.17, 15) is 43.1 Å². The van der Waals surface area contributed by atoms with E-state index < -0.39 is 50.2 Å². The highest BCUT2D eigenvalue weighted by molar-refractivity contribution is 7.85. The van der Waals surface area contributed by atoms with Crippen LogP contribution in [0.25, 0.3) is 0 Å². The fraction of sp³-hybridized carbons (Fsp3) is 0.390. The van der Waals surface area contributed by atoms with Gasteiger partial charge in [-0.1, -0.05) is 36.4 Å². The van der Waals surface area contributed by atoms with Gasteiger partial charge >= 0.3 is 0 Å². The summed E-state index contributed by atoms with van der Waals surface area (Å²) in [5.41, 5.74) is 2.46. The highest BCUT2D eigenvalue weighted by Gasteiger charge is 2.81. The average molecular weight is 798 g/mol. The molecule has 2 aliphatic carbocycles. The molecule has 15 nitrogen and oxygen atoms in total. The molecule has 16 heteroatoms. The zero-order chi connectivity index (χ0) is 40.9. The Hall–Kier alpha value is -5.58. The number of carbonyl (C=O) groups is 1. The largest absolute Gasteiger partial charge is 0.748 e. The van der Waals surface area contributed by atoms with Gasteiger partial charge in [-0.05, 0) is 63.6 Å². The Morgan fingerprint density at radius 3 is 1.96 bits per heavy atom. The third-order valence-electron chi connectivity index (χ3n) is 12.9. The topological polar surface area (TPSA) is 205 Å². The summed E-state index contributed by atoms with van der Waals surface area (Å²) in [6.07, 6.45) is 11.8. The number of anilines is 1. The molecule has 298 valence electrons. The van der Waals surface area contributed by atoms with E-state index in [1.165, 1.54) is 6.08 Å². The third-order valence-corrected chi connectivity index (χ3v) is 13.5. The lowest BCUT2D eigenvalue weighted by atomic mass is 9.76. The zero-order valence-electron chi connectivity index (χ0n) is 31.8. The second-order valence-electron chi connectivity index (χ2n) is 16.4. The summed E-state index contributed by atoms with van der Waals surface area (Å²) in [5.74, 6) is -0.305. The zero-order valence-corrected chi connectivity index (χ0v) is 32.6. The maximum Gasteiger partial charge on any atom is 0.277 e. The van der Waals surface area contributed by atoms with Crippen molar-refractivity contribution in [3.63, 3.8) is 0 Å². The number of allylic oxidation sites excluding steroid dienone is 10. The molecule has 57 heavy (non-hydrogen) atoms. The summed E-state index contributed by atoms with van der Waals surface area (Å²) in [5, 5.41) is 34.1. The number of para-hydroxylation sites is 2. The highest BCUT2D eigenvalue weighted by Crippen LogP contribution is 2.65. The fourth-order valence-electron chi connectivity index (χ4n) is 9.88. The van der Waals surface area contributed by atoms with E-state index in [1.807, 2.05) is 85.5 Å². The Morgan fingerprint density at radius 1 is 0.825 bits per heavy atom. The van der Waals surface area contributed by atoms with Gasteiger partial charge in [-0.15, -0.1) is 0 Å². The molecule has 2 aromatic rings. The molecule has 2 aromatic carbocycles. The predicted octanol–water partition coefficient (Wildman–Crippen LogP) is 4.73. The first kappa shape index (κ1) is 38.3. The SMILES string of the molecule is CC1(C)c2ccccc2N(CCS(=O)(=O)[O-])[C@@]12C=CC1=C(CCC([N+](=O)[O-])=C1)O2.CC1(C)c2ccccc2[N+]2(CC2C(=O)[O-])[C@@]12C=CC1=C(CCC([N+](=O)[O-])=C1)O2. The number of ether oxygens (including phenoxy) is 2. The molecule has 1 saturated heterocycles. The lowest BCUT2D eigenvalue weighted by molar-refractivity contribution is -0.428. The van der Waals surface area contributed by atoms with Crippen LogP contribution in [0.3, 0.4) is 0 Å². The van der Waals surface area contributed by atoms with Crippen LogP contribution < -0.4 is 14.5 Å². The third kappa shape index (κ3) is 5.51. The Balaban J connectivity index is 0.000000160. The van der Waals surface area contributed by atoms with Crippen molar-refractivity contribution in [3.05, 3.63) is 150 Å². The van der Waals surface area contributed by atoms with E-state index in [1.54, 1.807) is 12.2 Å². The van der Waals surface area contributed by atoms with Crippen LogP contribution in [0.5, 0.6) is 0 Å². The minimum Gasteiger partial charge on any atom is -0.748 e. The summed E-state index contributed by atoms with van der Waals surface area (Å²) in [6.45, 7) is 8.55. The van der Waals surface area contributed by atoms with Crippen molar-refractivity contribution in [1.82, 2.24) is 4.48 Å². The van der Waals surface area contributed by atoms with E-state index in [2.05, 4.69) is 13.8 Å². The summed E-state index contributed by atoms with van der Waals surface area (Å²) >= 11 is 0. The van der Waals surface area contributed by atoms with Crippen molar-refractivity contribution in [2.24, 2.45) is 0 Å². The minimum atomic E-state index is -4.41. The van der Waals surface area contributed by atoms with Gasteiger partial charge in [0.1, 0.15) is 29.7 Å². The van der Waals surface area contributed by atoms with E-state index in [0.717, 1.165) is 22.5 Å². The van der Waals surface area contributed by atoms with Crippen LogP contribution in [-0.4, -0.2) is 65.1 Å². The quantitative estimate of drug-likeness (QED) is 0.128. The molecule has 0 aromatic heterocycles. The molecule has 0 amide bonds. The van der Waals surface area contributed by atoms with Gasteiger partial charge in [0.2, 0.25) is 17.1 Å². The summed E-state index contributed by atoms with van der Waals surface area (Å²) in [4.78, 5) is 35.2.